The Morgan fingerprint density at radius 2 is 1.84 bits per heavy atom. The van der Waals surface area contributed by atoms with E-state index in [4.69, 9.17) is 0 Å². The number of carboxylic acids is 1. The zero-order valence-electron chi connectivity index (χ0n) is 17.9. The fourth-order valence-electron chi connectivity index (χ4n) is 4.70. The van der Waals surface area contributed by atoms with Crippen LogP contribution in [0.1, 0.15) is 53.9 Å². The normalized spacial score (nSPS) is 14.7. The Morgan fingerprint density at radius 3 is 2.48 bits per heavy atom. The highest BCUT2D eigenvalue weighted by Gasteiger charge is 2.28. The number of carbonyl (C=O) groups excluding carboxylic acids is 1. The summed E-state index contributed by atoms with van der Waals surface area (Å²) in [5.41, 5.74) is 3.50. The number of aromatic carboxylic acids is 1. The molecule has 1 aromatic heterocycles. The third kappa shape index (κ3) is 4.07. The number of amides is 1. The molecule has 0 radical (unpaired) electrons. The molecule has 0 spiro atoms. The minimum atomic E-state index is -1.01. The van der Waals surface area contributed by atoms with Gasteiger partial charge in [-0.15, -0.1) is 0 Å². The van der Waals surface area contributed by atoms with E-state index in [9.17, 15) is 19.1 Å². The Kier molecular flexibility index (Phi) is 5.81. The number of carboxylic acid groups (broad SMARTS) is 1. The van der Waals surface area contributed by atoms with E-state index in [2.05, 4.69) is 0 Å². The lowest BCUT2D eigenvalue weighted by atomic mass is 9.82. The highest BCUT2D eigenvalue weighted by molar-refractivity contribution is 5.99. The number of fused-ring (bicyclic) bond motifs is 1. The van der Waals surface area contributed by atoms with Gasteiger partial charge in [0.05, 0.1) is 16.8 Å². The molecule has 2 aromatic carbocycles. The highest BCUT2D eigenvalue weighted by Crippen LogP contribution is 2.44. The average molecular weight is 423 g/mol. The molecule has 0 aliphatic heterocycles. The van der Waals surface area contributed by atoms with E-state index < -0.39 is 5.97 Å². The summed E-state index contributed by atoms with van der Waals surface area (Å²) in [6, 6.07) is 11.5. The molecule has 1 heterocycles. The Labute approximate surface area is 181 Å². The van der Waals surface area contributed by atoms with Crippen molar-refractivity contribution in [3.8, 4) is 11.3 Å². The molecule has 1 N–H and O–H groups in total. The molecule has 3 aromatic rings. The fourth-order valence-corrected chi connectivity index (χ4v) is 4.70. The summed E-state index contributed by atoms with van der Waals surface area (Å²) in [5.74, 6) is -1.17. The highest BCUT2D eigenvalue weighted by atomic mass is 19.1. The number of halogens is 1. The number of nitrogens with zero attached hydrogens (tertiary/aromatic N) is 2. The lowest BCUT2D eigenvalue weighted by Gasteiger charge is -2.24. The first-order valence-corrected chi connectivity index (χ1v) is 10.7. The predicted octanol–water partition coefficient (Wildman–Crippen LogP) is 5.28. The van der Waals surface area contributed by atoms with Crippen molar-refractivity contribution >= 4 is 22.8 Å². The van der Waals surface area contributed by atoms with Crippen LogP contribution in [0.2, 0.25) is 0 Å². The van der Waals surface area contributed by atoms with E-state index in [1.165, 1.54) is 23.5 Å². The van der Waals surface area contributed by atoms with Gasteiger partial charge in [0, 0.05) is 25.0 Å². The molecule has 5 nitrogen and oxygen atoms in total. The maximum absolute atomic E-state index is 14.2. The summed E-state index contributed by atoms with van der Waals surface area (Å²) in [4.78, 5) is 25.9. The standard InChI is InChI=1S/C25H27FN2O3/c1-27(2)22(29)15-28-21-14-18(25(30)31)11-12-20(21)23(16-7-4-3-5-8-16)24(28)17-9-6-10-19(26)13-17/h6,9-14,16H,3-5,7-8,15H2,1-2H3,(H,30,31). The van der Waals surface area contributed by atoms with Crippen LogP contribution < -0.4 is 0 Å². The van der Waals surface area contributed by atoms with Crippen LogP contribution in [0.15, 0.2) is 42.5 Å². The molecule has 0 unspecified atom stereocenters. The van der Waals surface area contributed by atoms with Gasteiger partial charge in [-0.2, -0.15) is 0 Å². The Morgan fingerprint density at radius 1 is 1.10 bits per heavy atom. The van der Waals surface area contributed by atoms with Crippen molar-refractivity contribution in [2.45, 2.75) is 44.6 Å². The smallest absolute Gasteiger partial charge is 0.335 e. The molecular formula is C25H27FN2O3. The first-order chi connectivity index (χ1) is 14.9. The summed E-state index contributed by atoms with van der Waals surface area (Å²) in [6.07, 6.45) is 5.52. The number of hydrogen-bond donors (Lipinski definition) is 1. The van der Waals surface area contributed by atoms with Crippen LogP contribution in [0, 0.1) is 5.82 Å². The number of aromatic nitrogens is 1. The average Bonchev–Trinajstić information content (AvgIpc) is 3.07. The van der Waals surface area contributed by atoms with Gasteiger partial charge in [0.25, 0.3) is 0 Å². The Bertz CT molecular complexity index is 1140. The molecule has 1 saturated carbocycles. The second kappa shape index (κ2) is 8.53. The molecule has 1 fully saturated rings. The predicted molar refractivity (Wildman–Crippen MR) is 119 cm³/mol. The van der Waals surface area contributed by atoms with Crippen LogP contribution in [0.25, 0.3) is 22.2 Å². The molecule has 0 atom stereocenters. The third-order valence-corrected chi connectivity index (χ3v) is 6.25. The summed E-state index contributed by atoms with van der Waals surface area (Å²) in [7, 11) is 3.39. The number of carbonyl (C=O) groups is 2. The summed E-state index contributed by atoms with van der Waals surface area (Å²) >= 11 is 0. The zero-order chi connectivity index (χ0) is 22.1. The minimum Gasteiger partial charge on any atom is -0.478 e. The largest absolute Gasteiger partial charge is 0.478 e. The van der Waals surface area contributed by atoms with E-state index in [0.29, 0.717) is 17.0 Å². The van der Waals surface area contributed by atoms with Crippen LogP contribution in [-0.2, 0) is 11.3 Å². The van der Waals surface area contributed by atoms with Crippen LogP contribution in [0.5, 0.6) is 0 Å². The van der Waals surface area contributed by atoms with Crippen LogP contribution >= 0.6 is 0 Å². The number of rotatable bonds is 5. The van der Waals surface area contributed by atoms with Gasteiger partial charge in [0.15, 0.2) is 0 Å². The van der Waals surface area contributed by atoms with Gasteiger partial charge >= 0.3 is 5.97 Å². The summed E-state index contributed by atoms with van der Waals surface area (Å²) < 4.78 is 16.1. The summed E-state index contributed by atoms with van der Waals surface area (Å²) in [5, 5.41) is 10.5. The van der Waals surface area contributed by atoms with Gasteiger partial charge in [-0.1, -0.05) is 37.5 Å². The molecule has 31 heavy (non-hydrogen) atoms. The van der Waals surface area contributed by atoms with Crippen molar-refractivity contribution in [2.75, 3.05) is 14.1 Å². The second-order valence-electron chi connectivity index (χ2n) is 8.52. The van der Waals surface area contributed by atoms with Crippen molar-refractivity contribution in [3.63, 3.8) is 0 Å². The van der Waals surface area contributed by atoms with Crippen LogP contribution in [0.3, 0.4) is 0 Å². The van der Waals surface area contributed by atoms with Crippen molar-refractivity contribution < 1.29 is 19.1 Å². The van der Waals surface area contributed by atoms with Gasteiger partial charge in [-0.05, 0) is 48.6 Å². The van der Waals surface area contributed by atoms with Crippen molar-refractivity contribution in [1.82, 2.24) is 9.47 Å². The molecular weight excluding hydrogens is 395 g/mol. The molecule has 6 heteroatoms. The molecule has 4 rings (SSSR count). The van der Waals surface area contributed by atoms with Crippen molar-refractivity contribution in [3.05, 3.63) is 59.4 Å². The third-order valence-electron chi connectivity index (χ3n) is 6.25. The zero-order valence-corrected chi connectivity index (χ0v) is 17.9. The van der Waals surface area contributed by atoms with Gasteiger partial charge < -0.3 is 14.6 Å². The van der Waals surface area contributed by atoms with E-state index >= 15 is 0 Å². The Hall–Kier alpha value is -3.15. The van der Waals surface area contributed by atoms with Gasteiger partial charge in [-0.3, -0.25) is 4.79 Å². The maximum Gasteiger partial charge on any atom is 0.335 e. The minimum absolute atomic E-state index is 0.0607. The first kappa shape index (κ1) is 21.1. The van der Waals surface area contributed by atoms with Gasteiger partial charge in [0.2, 0.25) is 5.91 Å². The van der Waals surface area contributed by atoms with E-state index in [0.717, 1.165) is 42.3 Å². The van der Waals surface area contributed by atoms with Gasteiger partial charge in [-0.25, -0.2) is 9.18 Å². The van der Waals surface area contributed by atoms with E-state index in [1.54, 1.807) is 32.3 Å². The summed E-state index contributed by atoms with van der Waals surface area (Å²) in [6.45, 7) is 0.0607. The van der Waals surface area contributed by atoms with Gasteiger partial charge in [0.1, 0.15) is 12.4 Å². The molecule has 0 bridgehead atoms. The fraction of sp³-hybridized carbons (Fsp3) is 0.360. The lowest BCUT2D eigenvalue weighted by Crippen LogP contribution is -2.26. The van der Waals surface area contributed by atoms with E-state index in [1.807, 2.05) is 16.7 Å². The second-order valence-corrected chi connectivity index (χ2v) is 8.52. The van der Waals surface area contributed by atoms with Crippen molar-refractivity contribution in [2.24, 2.45) is 0 Å². The molecule has 1 amide bonds. The topological polar surface area (TPSA) is 62.5 Å². The molecule has 1 aliphatic carbocycles. The number of hydrogen-bond acceptors (Lipinski definition) is 2. The SMILES string of the molecule is CN(C)C(=O)Cn1c(-c2cccc(F)c2)c(C2CCCCC2)c2ccc(C(=O)O)cc21. The molecule has 1 aliphatic rings. The van der Waals surface area contributed by atoms with E-state index in [-0.39, 0.29) is 23.8 Å². The molecule has 162 valence electrons. The Balaban J connectivity index is 2.05. The monoisotopic (exact) mass is 422 g/mol. The maximum atomic E-state index is 14.2. The quantitative estimate of drug-likeness (QED) is 0.608. The van der Waals surface area contributed by atoms with Crippen molar-refractivity contribution in [1.29, 1.82) is 0 Å². The lowest BCUT2D eigenvalue weighted by molar-refractivity contribution is -0.129. The van der Waals surface area contributed by atoms with Crippen LogP contribution in [0.4, 0.5) is 4.39 Å². The first-order valence-electron chi connectivity index (χ1n) is 10.7. The number of likely N-dealkylation sites (N-methyl/N-ethyl adjacent to an activating group) is 1. The van der Waals surface area contributed by atoms with Crippen LogP contribution in [-0.4, -0.2) is 40.5 Å². The molecule has 0 saturated heterocycles. The number of benzene rings is 2.